The topological polar surface area (TPSA) is 96.0 Å². The van der Waals surface area contributed by atoms with Crippen LogP contribution in [-0.4, -0.2) is 51.4 Å². The van der Waals surface area contributed by atoms with Gasteiger partial charge in [0.2, 0.25) is 11.8 Å². The molecule has 0 aliphatic heterocycles. The second-order valence-electron chi connectivity index (χ2n) is 10.3. The Bertz CT molecular complexity index is 1440. The highest BCUT2D eigenvalue weighted by Gasteiger charge is 2.33. The van der Waals surface area contributed by atoms with E-state index in [9.17, 15) is 18.0 Å². The minimum absolute atomic E-state index is 0.0508. The van der Waals surface area contributed by atoms with Crippen molar-refractivity contribution < 1.29 is 22.7 Å². The maximum atomic E-state index is 14.1. The monoisotopic (exact) mass is 579 g/mol. The maximum absolute atomic E-state index is 14.1. The van der Waals surface area contributed by atoms with Gasteiger partial charge in [0, 0.05) is 13.1 Å². The second kappa shape index (κ2) is 14.2. The molecule has 0 radical (unpaired) electrons. The zero-order valence-corrected chi connectivity index (χ0v) is 25.6. The third-order valence-corrected chi connectivity index (χ3v) is 8.74. The normalized spacial score (nSPS) is 12.0. The number of anilines is 1. The van der Waals surface area contributed by atoms with E-state index in [1.54, 1.807) is 31.2 Å². The molecule has 3 aromatic rings. The lowest BCUT2D eigenvalue weighted by molar-refractivity contribution is -0.139. The Morgan fingerprint density at radius 3 is 2.07 bits per heavy atom. The molecular formula is C32H41N3O5S. The average molecular weight is 580 g/mol. The fourth-order valence-corrected chi connectivity index (χ4v) is 5.77. The number of methoxy groups -OCH3 is 1. The smallest absolute Gasteiger partial charge is 0.264 e. The predicted molar refractivity (Wildman–Crippen MR) is 163 cm³/mol. The zero-order chi connectivity index (χ0) is 30.2. The molecule has 0 saturated carbocycles. The molecule has 0 unspecified atom stereocenters. The Labute approximate surface area is 244 Å². The summed E-state index contributed by atoms with van der Waals surface area (Å²) in [5.74, 6) is -0.488. The molecule has 0 heterocycles. The van der Waals surface area contributed by atoms with Crippen LogP contribution in [0.4, 0.5) is 5.69 Å². The molecule has 9 heteroatoms. The van der Waals surface area contributed by atoms with Gasteiger partial charge in [0.1, 0.15) is 18.3 Å². The highest BCUT2D eigenvalue weighted by molar-refractivity contribution is 7.92. The van der Waals surface area contributed by atoms with Gasteiger partial charge >= 0.3 is 0 Å². The second-order valence-corrected chi connectivity index (χ2v) is 12.2. The molecule has 3 rings (SSSR count). The van der Waals surface area contributed by atoms with Crippen LogP contribution in [-0.2, 0) is 26.2 Å². The Hall–Kier alpha value is -3.85. The van der Waals surface area contributed by atoms with E-state index in [4.69, 9.17) is 4.74 Å². The number of hydrogen-bond acceptors (Lipinski definition) is 5. The van der Waals surface area contributed by atoms with E-state index in [0.717, 1.165) is 39.4 Å². The zero-order valence-electron chi connectivity index (χ0n) is 24.8. The van der Waals surface area contributed by atoms with Crippen molar-refractivity contribution in [1.29, 1.82) is 0 Å². The summed E-state index contributed by atoms with van der Waals surface area (Å²) >= 11 is 0. The Morgan fingerprint density at radius 1 is 0.902 bits per heavy atom. The number of unbranched alkanes of at least 4 members (excludes halogenated alkanes) is 1. The number of carbonyl (C=O) groups excluding carboxylic acids is 2. The largest absolute Gasteiger partial charge is 0.495 e. The van der Waals surface area contributed by atoms with Gasteiger partial charge in [-0.3, -0.25) is 13.9 Å². The molecule has 3 aromatic carbocycles. The first-order valence-corrected chi connectivity index (χ1v) is 15.3. The molecule has 0 aliphatic carbocycles. The fourth-order valence-electron chi connectivity index (χ4n) is 4.35. The Balaban J connectivity index is 2.06. The number of amides is 2. The minimum Gasteiger partial charge on any atom is -0.495 e. The van der Waals surface area contributed by atoms with Crippen molar-refractivity contribution in [3.63, 3.8) is 0 Å². The van der Waals surface area contributed by atoms with Crippen LogP contribution in [0.15, 0.2) is 71.6 Å². The predicted octanol–water partition coefficient (Wildman–Crippen LogP) is 5.15. The lowest BCUT2D eigenvalue weighted by Crippen LogP contribution is -2.51. The van der Waals surface area contributed by atoms with Gasteiger partial charge in [-0.25, -0.2) is 8.42 Å². The number of aryl methyl sites for hydroxylation is 3. The van der Waals surface area contributed by atoms with Crippen LogP contribution >= 0.6 is 0 Å². The van der Waals surface area contributed by atoms with E-state index < -0.39 is 28.5 Å². The van der Waals surface area contributed by atoms with Gasteiger partial charge in [-0.05, 0) is 69.5 Å². The van der Waals surface area contributed by atoms with E-state index in [1.165, 1.54) is 24.1 Å². The first-order valence-electron chi connectivity index (χ1n) is 13.8. The summed E-state index contributed by atoms with van der Waals surface area (Å²) in [7, 11) is -2.73. The number of hydrogen-bond donors (Lipinski definition) is 1. The summed E-state index contributed by atoms with van der Waals surface area (Å²) in [6.07, 6.45) is 1.74. The van der Waals surface area contributed by atoms with Crippen molar-refractivity contribution >= 4 is 27.5 Å². The third-order valence-electron chi connectivity index (χ3n) is 6.96. The molecule has 0 saturated heterocycles. The molecule has 8 nitrogen and oxygen atoms in total. The van der Waals surface area contributed by atoms with Crippen LogP contribution in [0.1, 0.15) is 48.9 Å². The number of benzene rings is 3. The number of rotatable bonds is 13. The molecule has 0 fully saturated rings. The van der Waals surface area contributed by atoms with Crippen LogP contribution in [0.3, 0.4) is 0 Å². The highest BCUT2D eigenvalue weighted by atomic mass is 32.2. The van der Waals surface area contributed by atoms with E-state index in [1.807, 2.05) is 58.0 Å². The molecule has 1 N–H and O–H groups in total. The molecule has 41 heavy (non-hydrogen) atoms. The number of nitrogens with one attached hydrogen (secondary N) is 1. The summed E-state index contributed by atoms with van der Waals surface area (Å²) in [4.78, 5) is 28.7. The van der Waals surface area contributed by atoms with E-state index in [2.05, 4.69) is 5.32 Å². The van der Waals surface area contributed by atoms with Gasteiger partial charge in [-0.2, -0.15) is 0 Å². The van der Waals surface area contributed by atoms with Crippen molar-refractivity contribution in [1.82, 2.24) is 10.2 Å². The van der Waals surface area contributed by atoms with Crippen molar-refractivity contribution in [3.05, 3.63) is 89.0 Å². The van der Waals surface area contributed by atoms with Gasteiger partial charge in [0.15, 0.2) is 0 Å². The summed E-state index contributed by atoms with van der Waals surface area (Å²) in [6, 6.07) is 18.5. The van der Waals surface area contributed by atoms with E-state index in [0.29, 0.717) is 12.3 Å². The fraction of sp³-hybridized carbons (Fsp3) is 0.375. The lowest BCUT2D eigenvalue weighted by atomic mass is 10.1. The molecule has 2 amide bonds. The Kier molecular flexibility index (Phi) is 10.9. The third kappa shape index (κ3) is 8.10. The van der Waals surface area contributed by atoms with Gasteiger partial charge in [-0.15, -0.1) is 0 Å². The molecular weight excluding hydrogens is 538 g/mol. The van der Waals surface area contributed by atoms with E-state index in [-0.39, 0.29) is 23.0 Å². The highest BCUT2D eigenvalue weighted by Crippen LogP contribution is 2.34. The van der Waals surface area contributed by atoms with Gasteiger partial charge < -0.3 is 15.0 Å². The number of nitrogens with zero attached hydrogens (tertiary/aromatic N) is 2. The number of sulfonamides is 1. The summed E-state index contributed by atoms with van der Waals surface area (Å²) in [6.45, 7) is 9.51. The summed E-state index contributed by atoms with van der Waals surface area (Å²) < 4.78 is 34.8. The molecule has 0 spiro atoms. The van der Waals surface area contributed by atoms with Crippen molar-refractivity contribution in [2.24, 2.45) is 0 Å². The molecule has 0 aliphatic rings. The summed E-state index contributed by atoms with van der Waals surface area (Å²) in [5.41, 5.74) is 3.86. The first kappa shape index (κ1) is 31.7. The van der Waals surface area contributed by atoms with Crippen molar-refractivity contribution in [2.75, 3.05) is 24.5 Å². The SMILES string of the molecule is CCCCNC(=O)[C@H](C)N(Cc1ccc(C)cc1)C(=O)CN(c1cc(C)ccc1OC)S(=O)(=O)c1ccc(C)cc1. The van der Waals surface area contributed by atoms with E-state index >= 15 is 0 Å². The number of carbonyl (C=O) groups is 2. The minimum atomic E-state index is -4.19. The molecule has 0 bridgehead atoms. The van der Waals surface area contributed by atoms with Crippen LogP contribution in [0.25, 0.3) is 0 Å². The first-order chi connectivity index (χ1) is 19.5. The van der Waals surface area contributed by atoms with Gasteiger partial charge in [0.25, 0.3) is 10.0 Å². The number of ether oxygens (including phenoxy) is 1. The molecule has 1 atom stereocenters. The van der Waals surface area contributed by atoms with Crippen LogP contribution in [0, 0.1) is 20.8 Å². The molecule has 0 aromatic heterocycles. The maximum Gasteiger partial charge on any atom is 0.264 e. The van der Waals surface area contributed by atoms with Crippen molar-refractivity contribution in [3.8, 4) is 5.75 Å². The van der Waals surface area contributed by atoms with Gasteiger partial charge in [0.05, 0.1) is 17.7 Å². The Morgan fingerprint density at radius 2 is 1.49 bits per heavy atom. The van der Waals surface area contributed by atoms with Crippen LogP contribution < -0.4 is 14.4 Å². The van der Waals surface area contributed by atoms with Gasteiger partial charge in [-0.1, -0.05) is 66.9 Å². The van der Waals surface area contributed by atoms with Crippen LogP contribution in [0.5, 0.6) is 5.75 Å². The molecule has 220 valence electrons. The standard InChI is InChI=1S/C32H41N3O5S/c1-7-8-19-33-32(37)26(5)34(21-27-14-9-23(2)10-15-27)31(36)22-35(29-20-25(4)13-18-30(29)40-6)41(38,39)28-16-11-24(3)12-17-28/h9-18,20,26H,7-8,19,21-22H2,1-6H3,(H,33,37)/t26-/m0/s1. The average Bonchev–Trinajstić information content (AvgIpc) is 2.95. The van der Waals surface area contributed by atoms with Crippen LogP contribution in [0.2, 0.25) is 0 Å². The quantitative estimate of drug-likeness (QED) is 0.283. The lowest BCUT2D eigenvalue weighted by Gasteiger charge is -2.32. The van der Waals surface area contributed by atoms with Crippen molar-refractivity contribution in [2.45, 2.75) is 64.9 Å². The summed E-state index contributed by atoms with van der Waals surface area (Å²) in [5, 5.41) is 2.90.